The summed E-state index contributed by atoms with van der Waals surface area (Å²) in [7, 11) is 2.18. The molecule has 5 heteroatoms. The van der Waals surface area contributed by atoms with E-state index in [1.54, 1.807) is 0 Å². The van der Waals surface area contributed by atoms with E-state index in [1.807, 2.05) is 24.5 Å². The largest absolute Gasteiger partial charge is 0.375 e. The molecule has 4 rings (SSSR count). The highest BCUT2D eigenvalue weighted by Crippen LogP contribution is 2.46. The molecule has 1 spiro atoms. The molecule has 1 aromatic rings. The molecule has 0 N–H and O–H groups in total. The maximum atomic E-state index is 13.3. The second kappa shape index (κ2) is 9.57. The lowest BCUT2D eigenvalue weighted by molar-refractivity contribution is -0.135. The normalized spacial score (nSPS) is 25.6. The van der Waals surface area contributed by atoms with Crippen molar-refractivity contribution >= 4 is 5.91 Å². The molecule has 1 aliphatic carbocycles. The summed E-state index contributed by atoms with van der Waals surface area (Å²) in [6.45, 7) is 4.47. The van der Waals surface area contributed by atoms with Gasteiger partial charge in [-0.1, -0.05) is 19.3 Å². The van der Waals surface area contributed by atoms with E-state index in [4.69, 9.17) is 4.74 Å². The summed E-state index contributed by atoms with van der Waals surface area (Å²) in [6, 6.07) is 4.24. The molecule has 0 bridgehead atoms. The van der Waals surface area contributed by atoms with Crippen molar-refractivity contribution < 1.29 is 9.53 Å². The number of carbonyl (C=O) groups is 1. The van der Waals surface area contributed by atoms with Gasteiger partial charge in [-0.05, 0) is 81.3 Å². The molecule has 1 saturated carbocycles. The van der Waals surface area contributed by atoms with E-state index in [1.165, 1.54) is 32.1 Å². The summed E-state index contributed by atoms with van der Waals surface area (Å²) in [6.07, 6.45) is 14.4. The Bertz CT molecular complexity index is 651. The molecule has 3 aliphatic rings. The fourth-order valence-corrected chi connectivity index (χ4v) is 5.69. The smallest absolute Gasteiger partial charge is 0.223 e. The van der Waals surface area contributed by atoms with Crippen LogP contribution < -0.4 is 0 Å². The number of rotatable bonds is 6. The number of ether oxygens (including phenoxy) is 1. The third kappa shape index (κ3) is 5.37. The van der Waals surface area contributed by atoms with Gasteiger partial charge in [0.2, 0.25) is 5.91 Å². The predicted molar refractivity (Wildman–Crippen MR) is 114 cm³/mol. The summed E-state index contributed by atoms with van der Waals surface area (Å²) in [5.41, 5.74) is 1.50. The molecule has 0 aromatic carbocycles. The molecule has 1 amide bonds. The van der Waals surface area contributed by atoms with Crippen molar-refractivity contribution in [2.45, 2.75) is 70.4 Å². The standard InChI is InChI=1S/C24H37N3O2/c1-26-13-7-20(8-14-26)15-23(28)27-19-24(9-3-2-4-10-24)16-22(27)18-29-17-21-5-11-25-12-6-21/h5-6,11-12,20,22H,2-4,7-10,13-19H2,1H3. The Morgan fingerprint density at radius 3 is 2.62 bits per heavy atom. The van der Waals surface area contributed by atoms with Crippen molar-refractivity contribution in [1.82, 2.24) is 14.8 Å². The monoisotopic (exact) mass is 399 g/mol. The molecule has 2 aliphatic heterocycles. The molecule has 5 nitrogen and oxygen atoms in total. The zero-order valence-corrected chi connectivity index (χ0v) is 18.0. The number of piperidine rings is 1. The lowest BCUT2D eigenvalue weighted by Gasteiger charge is -2.33. The molecule has 0 radical (unpaired) electrons. The Kier molecular flexibility index (Phi) is 6.86. The minimum absolute atomic E-state index is 0.244. The Hall–Kier alpha value is -1.46. The first kappa shape index (κ1) is 20.8. The van der Waals surface area contributed by atoms with E-state index >= 15 is 0 Å². The van der Waals surface area contributed by atoms with Crippen molar-refractivity contribution in [3.05, 3.63) is 30.1 Å². The molecule has 2 saturated heterocycles. The number of aromatic nitrogens is 1. The molecule has 3 fully saturated rings. The van der Waals surface area contributed by atoms with Crippen molar-refractivity contribution in [3.63, 3.8) is 0 Å². The lowest BCUT2D eigenvalue weighted by Crippen LogP contribution is -2.41. The van der Waals surface area contributed by atoms with Crippen LogP contribution in [0.2, 0.25) is 0 Å². The van der Waals surface area contributed by atoms with Gasteiger partial charge in [-0.3, -0.25) is 9.78 Å². The second-order valence-corrected chi connectivity index (χ2v) is 9.76. The quantitative estimate of drug-likeness (QED) is 0.728. The van der Waals surface area contributed by atoms with Gasteiger partial charge in [-0.25, -0.2) is 0 Å². The number of nitrogens with zero attached hydrogens (tertiary/aromatic N) is 3. The first-order valence-electron chi connectivity index (χ1n) is 11.6. The number of hydrogen-bond acceptors (Lipinski definition) is 4. The molecule has 1 aromatic heterocycles. The summed E-state index contributed by atoms with van der Waals surface area (Å²) >= 11 is 0. The Balaban J connectivity index is 1.36. The van der Waals surface area contributed by atoms with E-state index in [2.05, 4.69) is 21.8 Å². The van der Waals surface area contributed by atoms with Crippen LogP contribution in [0.15, 0.2) is 24.5 Å². The summed E-state index contributed by atoms with van der Waals surface area (Å²) < 4.78 is 6.09. The Morgan fingerprint density at radius 1 is 1.17 bits per heavy atom. The highest BCUT2D eigenvalue weighted by atomic mass is 16.5. The SMILES string of the molecule is CN1CCC(CC(=O)N2CC3(CCCCC3)CC2COCc2ccncc2)CC1. The van der Waals surface area contributed by atoms with Crippen molar-refractivity contribution in [2.75, 3.05) is 33.3 Å². The van der Waals surface area contributed by atoms with Crippen molar-refractivity contribution in [2.24, 2.45) is 11.3 Å². The van der Waals surface area contributed by atoms with Crippen LogP contribution in [0.3, 0.4) is 0 Å². The molecule has 29 heavy (non-hydrogen) atoms. The van der Waals surface area contributed by atoms with Gasteiger partial charge in [0.25, 0.3) is 0 Å². The first-order chi connectivity index (χ1) is 14.1. The average Bonchev–Trinajstić information content (AvgIpc) is 3.09. The predicted octanol–water partition coefficient (Wildman–Crippen LogP) is 3.88. The third-order valence-electron chi connectivity index (χ3n) is 7.48. The van der Waals surface area contributed by atoms with Gasteiger partial charge in [0.15, 0.2) is 0 Å². The van der Waals surface area contributed by atoms with Gasteiger partial charge in [0.05, 0.1) is 19.3 Å². The highest BCUT2D eigenvalue weighted by Gasteiger charge is 2.46. The number of hydrogen-bond donors (Lipinski definition) is 0. The van der Waals surface area contributed by atoms with Crippen molar-refractivity contribution in [1.29, 1.82) is 0 Å². The third-order valence-corrected chi connectivity index (χ3v) is 7.48. The number of pyridine rings is 1. The molecule has 3 heterocycles. The molecular formula is C24H37N3O2. The summed E-state index contributed by atoms with van der Waals surface area (Å²) in [5.74, 6) is 0.930. The van der Waals surface area contributed by atoms with Crippen LogP contribution in [0.5, 0.6) is 0 Å². The Labute approximate surface area is 175 Å². The first-order valence-corrected chi connectivity index (χ1v) is 11.6. The number of likely N-dealkylation sites (tertiary alicyclic amines) is 2. The van der Waals surface area contributed by atoms with Crippen LogP contribution in [0, 0.1) is 11.3 Å². The topological polar surface area (TPSA) is 45.7 Å². The van der Waals surface area contributed by atoms with Gasteiger partial charge >= 0.3 is 0 Å². The van der Waals surface area contributed by atoms with E-state index in [-0.39, 0.29) is 6.04 Å². The summed E-state index contributed by atoms with van der Waals surface area (Å²) in [5, 5.41) is 0. The lowest BCUT2D eigenvalue weighted by atomic mass is 9.73. The van der Waals surface area contributed by atoms with Crippen LogP contribution in [0.4, 0.5) is 0 Å². The summed E-state index contributed by atoms with van der Waals surface area (Å²) in [4.78, 5) is 22.0. The molecule has 1 unspecified atom stereocenters. The van der Waals surface area contributed by atoms with E-state index in [0.717, 1.165) is 50.9 Å². The maximum Gasteiger partial charge on any atom is 0.223 e. The minimum atomic E-state index is 0.244. The highest BCUT2D eigenvalue weighted by molar-refractivity contribution is 5.77. The fourth-order valence-electron chi connectivity index (χ4n) is 5.69. The molecule has 1 atom stereocenters. The zero-order chi connectivity index (χ0) is 20.1. The molecule has 160 valence electrons. The number of carbonyl (C=O) groups excluding carboxylic acids is 1. The Morgan fingerprint density at radius 2 is 1.90 bits per heavy atom. The van der Waals surface area contributed by atoms with Crippen LogP contribution in [-0.2, 0) is 16.1 Å². The van der Waals surface area contributed by atoms with Gasteiger partial charge < -0.3 is 14.5 Å². The zero-order valence-electron chi connectivity index (χ0n) is 18.0. The van der Waals surface area contributed by atoms with Gasteiger partial charge in [-0.15, -0.1) is 0 Å². The van der Waals surface area contributed by atoms with Gasteiger partial charge in [-0.2, -0.15) is 0 Å². The number of amides is 1. The van der Waals surface area contributed by atoms with Crippen LogP contribution in [0.25, 0.3) is 0 Å². The van der Waals surface area contributed by atoms with Crippen LogP contribution >= 0.6 is 0 Å². The molecular weight excluding hydrogens is 362 g/mol. The second-order valence-electron chi connectivity index (χ2n) is 9.76. The average molecular weight is 400 g/mol. The minimum Gasteiger partial charge on any atom is -0.375 e. The van der Waals surface area contributed by atoms with Gasteiger partial charge in [0.1, 0.15) is 0 Å². The van der Waals surface area contributed by atoms with E-state index < -0.39 is 0 Å². The van der Waals surface area contributed by atoms with E-state index in [0.29, 0.717) is 30.5 Å². The van der Waals surface area contributed by atoms with Crippen LogP contribution in [0.1, 0.15) is 63.4 Å². The maximum absolute atomic E-state index is 13.3. The van der Waals surface area contributed by atoms with Crippen molar-refractivity contribution in [3.8, 4) is 0 Å². The van der Waals surface area contributed by atoms with Gasteiger partial charge in [0, 0.05) is 25.4 Å². The fraction of sp³-hybridized carbons (Fsp3) is 0.750. The van der Waals surface area contributed by atoms with E-state index in [9.17, 15) is 4.79 Å². The van der Waals surface area contributed by atoms with Crippen LogP contribution in [-0.4, -0.2) is 60.0 Å².